The molecule has 0 bridgehead atoms. The summed E-state index contributed by atoms with van der Waals surface area (Å²) >= 11 is 0. The average molecular weight is 215 g/mol. The molecule has 2 rings (SSSR count). The van der Waals surface area contributed by atoms with Gasteiger partial charge in [0, 0.05) is 12.6 Å². The molecule has 0 aliphatic rings. The van der Waals surface area contributed by atoms with Crippen LogP contribution in [0.1, 0.15) is 5.56 Å². The maximum Gasteiger partial charge on any atom is 0.289 e. The van der Waals surface area contributed by atoms with Gasteiger partial charge in [0.25, 0.3) is 5.56 Å². The third-order valence-corrected chi connectivity index (χ3v) is 2.51. The van der Waals surface area contributed by atoms with Gasteiger partial charge in [0.15, 0.2) is 0 Å². The largest absolute Gasteiger partial charge is 0.394 e. The molecular formula is C12H13N3O. The van der Waals surface area contributed by atoms with Crippen molar-refractivity contribution in [2.24, 2.45) is 7.05 Å². The van der Waals surface area contributed by atoms with E-state index in [1.165, 1.54) is 4.68 Å². The molecule has 0 spiro atoms. The zero-order valence-corrected chi connectivity index (χ0v) is 9.27. The van der Waals surface area contributed by atoms with E-state index in [1.807, 2.05) is 31.2 Å². The summed E-state index contributed by atoms with van der Waals surface area (Å²) in [7, 11) is 1.60. The number of anilines is 1. The van der Waals surface area contributed by atoms with Gasteiger partial charge in [-0.2, -0.15) is 5.10 Å². The maximum atomic E-state index is 11.4. The molecule has 0 saturated carbocycles. The molecule has 0 aliphatic heterocycles. The van der Waals surface area contributed by atoms with E-state index in [0.29, 0.717) is 0 Å². The Hall–Kier alpha value is -2.10. The fourth-order valence-corrected chi connectivity index (χ4v) is 1.62. The van der Waals surface area contributed by atoms with Gasteiger partial charge in [-0.15, -0.1) is 0 Å². The molecule has 0 fully saturated rings. The van der Waals surface area contributed by atoms with Gasteiger partial charge in [-0.25, -0.2) is 4.68 Å². The first-order chi connectivity index (χ1) is 7.59. The van der Waals surface area contributed by atoms with Gasteiger partial charge in [-0.05, 0) is 18.6 Å². The number of rotatable bonds is 1. The van der Waals surface area contributed by atoms with Crippen molar-refractivity contribution in [2.75, 3.05) is 5.73 Å². The van der Waals surface area contributed by atoms with Crippen molar-refractivity contribution in [1.82, 2.24) is 9.78 Å². The van der Waals surface area contributed by atoms with Crippen molar-refractivity contribution in [1.29, 1.82) is 0 Å². The number of nitrogens with zero attached hydrogens (tertiary/aromatic N) is 2. The van der Waals surface area contributed by atoms with E-state index >= 15 is 0 Å². The third kappa shape index (κ3) is 1.69. The molecule has 0 unspecified atom stereocenters. The van der Waals surface area contributed by atoms with Gasteiger partial charge in [0.2, 0.25) is 0 Å². The summed E-state index contributed by atoms with van der Waals surface area (Å²) in [5, 5.41) is 4.19. The summed E-state index contributed by atoms with van der Waals surface area (Å²) < 4.78 is 1.26. The first-order valence-corrected chi connectivity index (χ1v) is 4.99. The Kier molecular flexibility index (Phi) is 2.48. The monoisotopic (exact) mass is 215 g/mol. The average Bonchev–Trinajstić information content (AvgIpc) is 2.26. The number of aryl methyl sites for hydroxylation is 2. The second-order valence-corrected chi connectivity index (χ2v) is 3.73. The van der Waals surface area contributed by atoms with Crippen molar-refractivity contribution in [2.45, 2.75) is 6.92 Å². The summed E-state index contributed by atoms with van der Waals surface area (Å²) in [5.41, 5.74) is 8.40. The highest BCUT2D eigenvalue weighted by atomic mass is 16.1. The molecule has 0 atom stereocenters. The number of nitrogen functional groups attached to an aromatic ring is 1. The molecule has 0 aliphatic carbocycles. The third-order valence-electron chi connectivity index (χ3n) is 2.51. The van der Waals surface area contributed by atoms with E-state index in [0.717, 1.165) is 16.8 Å². The van der Waals surface area contributed by atoms with Gasteiger partial charge in [0.1, 0.15) is 5.69 Å². The zero-order chi connectivity index (χ0) is 11.7. The molecule has 0 saturated heterocycles. The number of hydrogen-bond donors (Lipinski definition) is 1. The van der Waals surface area contributed by atoms with Crippen LogP contribution in [0.5, 0.6) is 0 Å². The topological polar surface area (TPSA) is 60.9 Å². The van der Waals surface area contributed by atoms with E-state index in [-0.39, 0.29) is 11.2 Å². The SMILES string of the molecule is Cc1ccccc1-c1cc(N)c(=O)n(C)n1. The van der Waals surface area contributed by atoms with Crippen LogP contribution in [0.15, 0.2) is 35.1 Å². The first-order valence-electron chi connectivity index (χ1n) is 4.99. The highest BCUT2D eigenvalue weighted by Gasteiger charge is 2.06. The van der Waals surface area contributed by atoms with Crippen molar-refractivity contribution in [3.8, 4) is 11.3 Å². The maximum absolute atomic E-state index is 11.4. The number of benzene rings is 1. The Bertz CT molecular complexity index is 561. The molecular weight excluding hydrogens is 202 g/mol. The van der Waals surface area contributed by atoms with Gasteiger partial charge in [-0.3, -0.25) is 4.79 Å². The van der Waals surface area contributed by atoms with E-state index < -0.39 is 0 Å². The van der Waals surface area contributed by atoms with Crippen LogP contribution in [-0.2, 0) is 7.05 Å². The van der Waals surface area contributed by atoms with Gasteiger partial charge in [-0.1, -0.05) is 24.3 Å². The molecule has 0 amide bonds. The van der Waals surface area contributed by atoms with Crippen LogP contribution in [-0.4, -0.2) is 9.78 Å². The van der Waals surface area contributed by atoms with E-state index in [9.17, 15) is 4.79 Å². The molecule has 16 heavy (non-hydrogen) atoms. The second kappa shape index (κ2) is 3.81. The standard InChI is InChI=1S/C12H13N3O/c1-8-5-3-4-6-9(8)11-7-10(13)12(16)15(2)14-11/h3-7H,13H2,1-2H3. The number of aromatic nitrogens is 2. The minimum atomic E-state index is -0.266. The van der Waals surface area contributed by atoms with Crippen LogP contribution in [0.2, 0.25) is 0 Å². The lowest BCUT2D eigenvalue weighted by atomic mass is 10.1. The zero-order valence-electron chi connectivity index (χ0n) is 9.27. The van der Waals surface area contributed by atoms with Gasteiger partial charge < -0.3 is 5.73 Å². The molecule has 2 N–H and O–H groups in total. The lowest BCUT2D eigenvalue weighted by molar-refractivity contribution is 0.715. The predicted octanol–water partition coefficient (Wildman–Crippen LogP) is 1.34. The van der Waals surface area contributed by atoms with Crippen LogP contribution in [0.25, 0.3) is 11.3 Å². The second-order valence-electron chi connectivity index (χ2n) is 3.73. The summed E-state index contributed by atoms with van der Waals surface area (Å²) in [6.45, 7) is 2.00. The predicted molar refractivity (Wildman–Crippen MR) is 64.1 cm³/mol. The molecule has 1 heterocycles. The summed E-state index contributed by atoms with van der Waals surface area (Å²) in [6.07, 6.45) is 0. The quantitative estimate of drug-likeness (QED) is 0.780. The van der Waals surface area contributed by atoms with Crippen LogP contribution in [0.4, 0.5) is 5.69 Å². The minimum Gasteiger partial charge on any atom is -0.394 e. The fraction of sp³-hybridized carbons (Fsp3) is 0.167. The Morgan fingerprint density at radius 3 is 2.62 bits per heavy atom. The van der Waals surface area contributed by atoms with Crippen LogP contribution < -0.4 is 11.3 Å². The Morgan fingerprint density at radius 2 is 2.00 bits per heavy atom. The molecule has 1 aromatic carbocycles. The fourth-order valence-electron chi connectivity index (χ4n) is 1.62. The van der Waals surface area contributed by atoms with Crippen molar-refractivity contribution in [3.63, 3.8) is 0 Å². The smallest absolute Gasteiger partial charge is 0.289 e. The van der Waals surface area contributed by atoms with E-state index in [4.69, 9.17) is 5.73 Å². The Morgan fingerprint density at radius 1 is 1.31 bits per heavy atom. The Labute approximate surface area is 93.3 Å². The lowest BCUT2D eigenvalue weighted by Gasteiger charge is -2.07. The summed E-state index contributed by atoms with van der Waals surface area (Å²) in [4.78, 5) is 11.4. The lowest BCUT2D eigenvalue weighted by Crippen LogP contribution is -2.22. The van der Waals surface area contributed by atoms with Crippen molar-refractivity contribution in [3.05, 3.63) is 46.2 Å². The van der Waals surface area contributed by atoms with E-state index in [2.05, 4.69) is 5.10 Å². The highest BCUT2D eigenvalue weighted by molar-refractivity contribution is 5.65. The number of hydrogen-bond acceptors (Lipinski definition) is 3. The molecule has 4 nitrogen and oxygen atoms in total. The summed E-state index contributed by atoms with van der Waals surface area (Å²) in [5.74, 6) is 0. The highest BCUT2D eigenvalue weighted by Crippen LogP contribution is 2.20. The van der Waals surface area contributed by atoms with Crippen molar-refractivity contribution < 1.29 is 0 Å². The van der Waals surface area contributed by atoms with Crippen LogP contribution >= 0.6 is 0 Å². The van der Waals surface area contributed by atoms with Crippen LogP contribution in [0.3, 0.4) is 0 Å². The molecule has 2 aromatic rings. The first kappa shape index (κ1) is 10.4. The molecule has 4 heteroatoms. The molecule has 0 radical (unpaired) electrons. The normalized spacial score (nSPS) is 10.4. The van der Waals surface area contributed by atoms with E-state index in [1.54, 1.807) is 13.1 Å². The van der Waals surface area contributed by atoms with Gasteiger partial charge >= 0.3 is 0 Å². The minimum absolute atomic E-state index is 0.218. The van der Waals surface area contributed by atoms with Gasteiger partial charge in [0.05, 0.1) is 5.69 Å². The molecule has 82 valence electrons. The Balaban J connectivity index is 2.67. The molecule has 1 aromatic heterocycles. The number of nitrogens with two attached hydrogens (primary N) is 1. The van der Waals surface area contributed by atoms with Crippen LogP contribution in [0, 0.1) is 6.92 Å². The summed E-state index contributed by atoms with van der Waals surface area (Å²) in [6, 6.07) is 9.47. The van der Waals surface area contributed by atoms with Crippen molar-refractivity contribution >= 4 is 5.69 Å².